The molecular formula is C9H14N2O3S2. The molecular weight excluding hydrogens is 248 g/mol. The van der Waals surface area contributed by atoms with Crippen LogP contribution in [0.3, 0.4) is 0 Å². The quantitative estimate of drug-likeness (QED) is 0.709. The summed E-state index contributed by atoms with van der Waals surface area (Å²) in [7, 11) is -2.96. The van der Waals surface area contributed by atoms with Crippen LogP contribution in [0.2, 0.25) is 0 Å². The number of sulfone groups is 1. The fraction of sp³-hybridized carbons (Fsp3) is 0.667. The van der Waals surface area contributed by atoms with Crippen LogP contribution in [0.25, 0.3) is 0 Å². The lowest BCUT2D eigenvalue weighted by atomic mass is 10.0. The molecule has 0 spiro atoms. The SMILES string of the molecule is CS(=O)(=O)C1CCC2=C(C1)SC(NC=O)N2. The minimum Gasteiger partial charge on any atom is -0.359 e. The predicted molar refractivity (Wildman–Crippen MR) is 63.2 cm³/mol. The smallest absolute Gasteiger partial charge is 0.209 e. The van der Waals surface area contributed by atoms with E-state index in [9.17, 15) is 13.2 Å². The maximum Gasteiger partial charge on any atom is 0.209 e. The number of amides is 1. The number of hydrogen-bond donors (Lipinski definition) is 2. The molecule has 5 nitrogen and oxygen atoms in total. The van der Waals surface area contributed by atoms with Gasteiger partial charge in [0.1, 0.15) is 0 Å². The number of rotatable bonds is 3. The van der Waals surface area contributed by atoms with Gasteiger partial charge in [0.25, 0.3) is 0 Å². The molecule has 0 saturated carbocycles. The molecule has 0 aromatic rings. The summed E-state index contributed by atoms with van der Waals surface area (Å²) in [5.41, 5.74) is 0.949. The maximum atomic E-state index is 11.5. The zero-order chi connectivity index (χ0) is 11.8. The van der Waals surface area contributed by atoms with E-state index in [-0.39, 0.29) is 10.7 Å². The first-order valence-corrected chi connectivity index (χ1v) is 7.88. The standard InChI is InChI=1S/C9H14N2O3S2/c1-16(13,14)6-2-3-7-8(4-6)15-9(11-7)10-5-12/h5-6,9,11H,2-4H2,1H3,(H,10,12). The molecule has 2 N–H and O–H groups in total. The molecule has 0 bridgehead atoms. The summed E-state index contributed by atoms with van der Waals surface area (Å²) in [6, 6.07) is 0. The second kappa shape index (κ2) is 4.29. The third kappa shape index (κ3) is 2.35. The first-order valence-electron chi connectivity index (χ1n) is 5.04. The fourth-order valence-electron chi connectivity index (χ4n) is 1.98. The summed E-state index contributed by atoms with van der Waals surface area (Å²) in [6.45, 7) is 0. The summed E-state index contributed by atoms with van der Waals surface area (Å²) in [4.78, 5) is 11.4. The topological polar surface area (TPSA) is 75.3 Å². The van der Waals surface area contributed by atoms with Gasteiger partial charge in [-0.05, 0) is 19.3 Å². The van der Waals surface area contributed by atoms with Gasteiger partial charge >= 0.3 is 0 Å². The molecule has 0 aromatic carbocycles. The highest BCUT2D eigenvalue weighted by Gasteiger charge is 2.33. The van der Waals surface area contributed by atoms with Crippen molar-refractivity contribution in [2.45, 2.75) is 30.0 Å². The van der Waals surface area contributed by atoms with E-state index in [2.05, 4.69) is 10.6 Å². The highest BCUT2D eigenvalue weighted by atomic mass is 32.2. The second-order valence-corrected chi connectivity index (χ2v) is 7.55. The monoisotopic (exact) mass is 262 g/mol. The van der Waals surface area contributed by atoms with Gasteiger partial charge in [-0.25, -0.2) is 8.42 Å². The highest BCUT2D eigenvalue weighted by molar-refractivity contribution is 8.03. The molecule has 90 valence electrons. The van der Waals surface area contributed by atoms with E-state index >= 15 is 0 Å². The van der Waals surface area contributed by atoms with Crippen molar-refractivity contribution in [2.75, 3.05) is 6.26 Å². The van der Waals surface area contributed by atoms with E-state index in [1.165, 1.54) is 18.0 Å². The molecule has 7 heteroatoms. The van der Waals surface area contributed by atoms with Gasteiger partial charge in [0, 0.05) is 16.9 Å². The van der Waals surface area contributed by atoms with E-state index in [0.717, 1.165) is 17.0 Å². The molecule has 1 amide bonds. The highest BCUT2D eigenvalue weighted by Crippen LogP contribution is 2.40. The van der Waals surface area contributed by atoms with Crippen LogP contribution < -0.4 is 10.6 Å². The summed E-state index contributed by atoms with van der Waals surface area (Å²) < 4.78 is 22.9. The average Bonchev–Trinajstić information content (AvgIpc) is 2.57. The van der Waals surface area contributed by atoms with Crippen molar-refractivity contribution in [1.82, 2.24) is 10.6 Å². The maximum absolute atomic E-state index is 11.5. The van der Waals surface area contributed by atoms with Gasteiger partial charge in [-0.15, -0.1) is 0 Å². The van der Waals surface area contributed by atoms with Crippen LogP contribution >= 0.6 is 11.8 Å². The molecule has 1 aliphatic heterocycles. The summed E-state index contributed by atoms with van der Waals surface area (Å²) in [5.74, 6) is 0. The lowest BCUT2D eigenvalue weighted by Gasteiger charge is -2.21. The summed E-state index contributed by atoms with van der Waals surface area (Å²) in [5, 5.41) is 5.54. The largest absolute Gasteiger partial charge is 0.359 e. The molecule has 0 aromatic heterocycles. The number of hydrogen-bond acceptors (Lipinski definition) is 5. The predicted octanol–water partition coefficient (Wildman–Crippen LogP) is 0.161. The first kappa shape index (κ1) is 11.8. The molecule has 2 rings (SSSR count). The second-order valence-electron chi connectivity index (χ2n) is 4.02. The molecule has 0 saturated heterocycles. The molecule has 1 heterocycles. The lowest BCUT2D eigenvalue weighted by Crippen LogP contribution is -2.35. The van der Waals surface area contributed by atoms with Crippen LogP contribution in [0.5, 0.6) is 0 Å². The van der Waals surface area contributed by atoms with Crippen molar-refractivity contribution in [3.8, 4) is 0 Å². The zero-order valence-corrected chi connectivity index (χ0v) is 10.5. The van der Waals surface area contributed by atoms with Crippen LogP contribution in [0.4, 0.5) is 0 Å². The Kier molecular flexibility index (Phi) is 3.16. The summed E-state index contributed by atoms with van der Waals surface area (Å²) >= 11 is 1.50. The molecule has 2 aliphatic rings. The van der Waals surface area contributed by atoms with E-state index in [1.54, 1.807) is 0 Å². The van der Waals surface area contributed by atoms with Crippen molar-refractivity contribution in [2.24, 2.45) is 0 Å². The first-order chi connectivity index (χ1) is 7.50. The van der Waals surface area contributed by atoms with Gasteiger partial charge in [0.05, 0.1) is 5.25 Å². The van der Waals surface area contributed by atoms with E-state index in [4.69, 9.17) is 0 Å². The van der Waals surface area contributed by atoms with E-state index in [0.29, 0.717) is 19.3 Å². The average molecular weight is 262 g/mol. The van der Waals surface area contributed by atoms with Crippen molar-refractivity contribution in [3.05, 3.63) is 10.6 Å². The Balaban J connectivity index is 2.05. The normalized spacial score (nSPS) is 29.6. The van der Waals surface area contributed by atoms with Crippen molar-refractivity contribution >= 4 is 28.0 Å². The Bertz CT molecular complexity index is 430. The number of allylic oxidation sites excluding steroid dienone is 2. The Morgan fingerprint density at radius 1 is 1.56 bits per heavy atom. The third-order valence-electron chi connectivity index (χ3n) is 2.86. The van der Waals surface area contributed by atoms with E-state index < -0.39 is 9.84 Å². The molecule has 2 unspecified atom stereocenters. The van der Waals surface area contributed by atoms with Crippen molar-refractivity contribution < 1.29 is 13.2 Å². The third-order valence-corrected chi connectivity index (χ3v) is 5.66. The fourth-order valence-corrected chi connectivity index (χ4v) is 4.31. The molecule has 2 atom stereocenters. The van der Waals surface area contributed by atoms with E-state index in [1.807, 2.05) is 0 Å². The van der Waals surface area contributed by atoms with Crippen LogP contribution in [-0.2, 0) is 14.6 Å². The zero-order valence-electron chi connectivity index (χ0n) is 8.89. The molecule has 1 aliphatic carbocycles. The van der Waals surface area contributed by atoms with Crippen LogP contribution in [-0.4, -0.2) is 31.8 Å². The van der Waals surface area contributed by atoms with Gasteiger partial charge in [0.15, 0.2) is 15.3 Å². The Morgan fingerprint density at radius 2 is 2.31 bits per heavy atom. The molecule has 16 heavy (non-hydrogen) atoms. The van der Waals surface area contributed by atoms with Gasteiger partial charge in [-0.3, -0.25) is 4.79 Å². The van der Waals surface area contributed by atoms with Gasteiger partial charge < -0.3 is 10.6 Å². The Labute approximate surface area is 99.0 Å². The number of carbonyl (C=O) groups is 1. The number of nitrogens with one attached hydrogen (secondary N) is 2. The van der Waals surface area contributed by atoms with Gasteiger partial charge in [0.2, 0.25) is 6.41 Å². The molecule has 0 radical (unpaired) electrons. The Morgan fingerprint density at radius 3 is 2.94 bits per heavy atom. The van der Waals surface area contributed by atoms with Crippen LogP contribution in [0.1, 0.15) is 19.3 Å². The minimum atomic E-state index is -2.96. The lowest BCUT2D eigenvalue weighted by molar-refractivity contribution is -0.109. The Hall–Kier alpha value is -0.690. The summed E-state index contributed by atoms with van der Waals surface area (Å²) in [6.07, 6.45) is 3.92. The van der Waals surface area contributed by atoms with Gasteiger partial charge in [-0.2, -0.15) is 0 Å². The number of thioether (sulfide) groups is 1. The van der Waals surface area contributed by atoms with Crippen LogP contribution in [0, 0.1) is 0 Å². The van der Waals surface area contributed by atoms with Crippen LogP contribution in [0.15, 0.2) is 10.6 Å². The minimum absolute atomic E-state index is 0.138. The van der Waals surface area contributed by atoms with Gasteiger partial charge in [-0.1, -0.05) is 11.8 Å². The van der Waals surface area contributed by atoms with Crippen molar-refractivity contribution in [1.29, 1.82) is 0 Å². The molecule has 0 fully saturated rings. The number of carbonyl (C=O) groups excluding carboxylic acids is 1. The van der Waals surface area contributed by atoms with Crippen molar-refractivity contribution in [3.63, 3.8) is 0 Å².